The summed E-state index contributed by atoms with van der Waals surface area (Å²) in [5.41, 5.74) is 0.00696. The van der Waals surface area contributed by atoms with E-state index in [4.69, 9.17) is 5.11 Å². The normalized spacial score (nSPS) is 21.9. The highest BCUT2D eigenvalue weighted by molar-refractivity contribution is 8.00. The van der Waals surface area contributed by atoms with E-state index in [9.17, 15) is 4.79 Å². The Labute approximate surface area is 122 Å². The molecule has 0 aromatic carbocycles. The van der Waals surface area contributed by atoms with E-state index in [0.717, 1.165) is 24.7 Å². The van der Waals surface area contributed by atoms with E-state index < -0.39 is 5.97 Å². The Kier molecular flexibility index (Phi) is 3.83. The number of carboxylic acid groups (broad SMARTS) is 1. The molecule has 1 spiro atoms. The Morgan fingerprint density at radius 3 is 2.70 bits per heavy atom. The molecule has 6 heteroatoms. The van der Waals surface area contributed by atoms with Crippen LogP contribution in [0.3, 0.4) is 0 Å². The van der Waals surface area contributed by atoms with Crippen molar-refractivity contribution in [2.75, 3.05) is 23.7 Å². The molecule has 108 valence electrons. The van der Waals surface area contributed by atoms with Gasteiger partial charge in [-0.2, -0.15) is 11.8 Å². The predicted octanol–water partition coefficient (Wildman–Crippen LogP) is 2.43. The summed E-state index contributed by atoms with van der Waals surface area (Å²) in [6.07, 6.45) is 9.52. The summed E-state index contributed by atoms with van der Waals surface area (Å²) in [5, 5.41) is 8.87. The molecule has 3 rings (SSSR count). The van der Waals surface area contributed by atoms with Crippen LogP contribution in [-0.4, -0.2) is 44.6 Å². The Bertz CT molecular complexity index is 480. The zero-order valence-corrected chi connectivity index (χ0v) is 12.2. The van der Waals surface area contributed by atoms with Gasteiger partial charge >= 0.3 is 5.97 Å². The third-order valence-corrected chi connectivity index (χ3v) is 5.73. The number of hydrogen-bond donors (Lipinski definition) is 1. The molecule has 2 heterocycles. The lowest BCUT2D eigenvalue weighted by Crippen LogP contribution is -2.48. The van der Waals surface area contributed by atoms with E-state index in [0.29, 0.717) is 4.75 Å². The van der Waals surface area contributed by atoms with E-state index in [-0.39, 0.29) is 5.69 Å². The minimum absolute atomic E-state index is 0.00696. The van der Waals surface area contributed by atoms with Crippen LogP contribution in [0.1, 0.15) is 42.6 Å². The lowest BCUT2D eigenvalue weighted by molar-refractivity contribution is 0.0690. The van der Waals surface area contributed by atoms with Crippen LogP contribution in [0.15, 0.2) is 12.4 Å². The molecule has 1 aromatic heterocycles. The van der Waals surface area contributed by atoms with Crippen molar-refractivity contribution < 1.29 is 9.90 Å². The minimum atomic E-state index is -1.03. The van der Waals surface area contributed by atoms with Crippen molar-refractivity contribution in [1.82, 2.24) is 9.97 Å². The van der Waals surface area contributed by atoms with Crippen LogP contribution in [0.5, 0.6) is 0 Å². The SMILES string of the molecule is O=C(O)c1cnc(N2CCSC3(CCCCC3)C2)cn1. The van der Waals surface area contributed by atoms with Gasteiger partial charge in [0, 0.05) is 23.6 Å². The van der Waals surface area contributed by atoms with Crippen LogP contribution in [-0.2, 0) is 0 Å². The van der Waals surface area contributed by atoms with E-state index in [1.54, 1.807) is 6.20 Å². The fraction of sp³-hybridized carbons (Fsp3) is 0.643. The second-order valence-electron chi connectivity index (χ2n) is 5.58. The zero-order chi connectivity index (χ0) is 14.0. The smallest absolute Gasteiger partial charge is 0.356 e. The number of anilines is 1. The van der Waals surface area contributed by atoms with Gasteiger partial charge in [-0.25, -0.2) is 14.8 Å². The van der Waals surface area contributed by atoms with Gasteiger partial charge in [-0.3, -0.25) is 0 Å². The molecule has 2 fully saturated rings. The topological polar surface area (TPSA) is 66.3 Å². The highest BCUT2D eigenvalue weighted by Gasteiger charge is 2.37. The number of aromatic nitrogens is 2. The first kappa shape index (κ1) is 13.7. The van der Waals surface area contributed by atoms with Crippen LogP contribution in [0.25, 0.3) is 0 Å². The first-order chi connectivity index (χ1) is 9.69. The number of thioether (sulfide) groups is 1. The summed E-state index contributed by atoms with van der Waals surface area (Å²) < 4.78 is 0.379. The molecule has 1 aromatic rings. The summed E-state index contributed by atoms with van der Waals surface area (Å²) in [7, 11) is 0. The van der Waals surface area contributed by atoms with Gasteiger partial charge in [0.1, 0.15) is 5.82 Å². The maximum atomic E-state index is 10.8. The monoisotopic (exact) mass is 293 g/mol. The van der Waals surface area contributed by atoms with E-state index in [2.05, 4.69) is 26.6 Å². The average Bonchev–Trinajstić information content (AvgIpc) is 2.48. The first-order valence-electron chi connectivity index (χ1n) is 7.13. The number of nitrogens with zero attached hydrogens (tertiary/aromatic N) is 3. The Morgan fingerprint density at radius 2 is 2.05 bits per heavy atom. The van der Waals surface area contributed by atoms with E-state index in [1.807, 2.05) is 0 Å². The highest BCUT2D eigenvalue weighted by atomic mass is 32.2. The number of carboxylic acids is 1. The summed E-state index contributed by atoms with van der Waals surface area (Å²) in [5.74, 6) is 0.893. The molecule has 2 aliphatic rings. The molecular formula is C14H19N3O2S. The van der Waals surface area contributed by atoms with Crippen LogP contribution >= 0.6 is 11.8 Å². The second-order valence-corrected chi connectivity index (χ2v) is 7.14. The van der Waals surface area contributed by atoms with Crippen molar-refractivity contribution in [2.24, 2.45) is 0 Å². The van der Waals surface area contributed by atoms with Crippen LogP contribution < -0.4 is 4.90 Å². The molecular weight excluding hydrogens is 274 g/mol. The maximum Gasteiger partial charge on any atom is 0.356 e. The molecule has 1 aliphatic carbocycles. The number of hydrogen-bond acceptors (Lipinski definition) is 5. The molecule has 0 amide bonds. The molecule has 0 radical (unpaired) electrons. The highest BCUT2D eigenvalue weighted by Crippen LogP contribution is 2.43. The first-order valence-corrected chi connectivity index (χ1v) is 8.11. The van der Waals surface area contributed by atoms with Crippen molar-refractivity contribution in [3.05, 3.63) is 18.1 Å². The molecule has 1 saturated carbocycles. The fourth-order valence-corrected chi connectivity index (χ4v) is 4.70. The average molecular weight is 293 g/mol. The van der Waals surface area contributed by atoms with Gasteiger partial charge in [0.25, 0.3) is 0 Å². The van der Waals surface area contributed by atoms with Crippen LogP contribution in [0.4, 0.5) is 5.82 Å². The Morgan fingerprint density at radius 1 is 1.25 bits per heavy atom. The largest absolute Gasteiger partial charge is 0.476 e. The van der Waals surface area contributed by atoms with Crippen LogP contribution in [0, 0.1) is 0 Å². The summed E-state index contributed by atoms with van der Waals surface area (Å²) >= 11 is 2.11. The quantitative estimate of drug-likeness (QED) is 0.903. The van der Waals surface area contributed by atoms with E-state index in [1.165, 1.54) is 38.3 Å². The second kappa shape index (κ2) is 5.60. The molecule has 0 atom stereocenters. The zero-order valence-electron chi connectivity index (χ0n) is 11.4. The van der Waals surface area contributed by atoms with E-state index >= 15 is 0 Å². The molecule has 5 nitrogen and oxygen atoms in total. The molecule has 0 unspecified atom stereocenters. The fourth-order valence-electron chi connectivity index (χ4n) is 3.13. The van der Waals surface area contributed by atoms with Crippen molar-refractivity contribution in [2.45, 2.75) is 36.9 Å². The van der Waals surface area contributed by atoms with Crippen molar-refractivity contribution in [3.8, 4) is 0 Å². The molecule has 0 bridgehead atoms. The Hall–Kier alpha value is -1.30. The molecule has 1 saturated heterocycles. The van der Waals surface area contributed by atoms with Gasteiger partial charge < -0.3 is 10.0 Å². The lowest BCUT2D eigenvalue weighted by atomic mass is 9.87. The number of carbonyl (C=O) groups is 1. The number of aromatic carboxylic acids is 1. The van der Waals surface area contributed by atoms with Crippen LogP contribution in [0.2, 0.25) is 0 Å². The van der Waals surface area contributed by atoms with Gasteiger partial charge in [-0.15, -0.1) is 0 Å². The van der Waals surface area contributed by atoms with Gasteiger partial charge in [-0.1, -0.05) is 19.3 Å². The van der Waals surface area contributed by atoms with Gasteiger partial charge in [0.2, 0.25) is 0 Å². The lowest BCUT2D eigenvalue weighted by Gasteiger charge is -2.45. The number of rotatable bonds is 2. The van der Waals surface area contributed by atoms with Crippen molar-refractivity contribution >= 4 is 23.5 Å². The summed E-state index contributed by atoms with van der Waals surface area (Å²) in [4.78, 5) is 21.3. The molecule has 1 aliphatic heterocycles. The van der Waals surface area contributed by atoms with Gasteiger partial charge in [0.05, 0.1) is 12.4 Å². The third kappa shape index (κ3) is 2.75. The Balaban J connectivity index is 1.74. The van der Waals surface area contributed by atoms with Crippen molar-refractivity contribution in [1.29, 1.82) is 0 Å². The van der Waals surface area contributed by atoms with Crippen molar-refractivity contribution in [3.63, 3.8) is 0 Å². The molecule has 1 N–H and O–H groups in total. The van der Waals surface area contributed by atoms with Gasteiger partial charge in [0.15, 0.2) is 5.69 Å². The molecule has 20 heavy (non-hydrogen) atoms. The predicted molar refractivity (Wildman–Crippen MR) is 79.5 cm³/mol. The maximum absolute atomic E-state index is 10.8. The minimum Gasteiger partial charge on any atom is -0.476 e. The third-order valence-electron chi connectivity index (χ3n) is 4.19. The standard InChI is InChI=1S/C14H19N3O2S/c18-13(19)11-8-16-12(9-15-11)17-6-7-20-14(10-17)4-2-1-3-5-14/h8-9H,1-7,10H2,(H,18,19). The summed E-state index contributed by atoms with van der Waals surface area (Å²) in [6, 6.07) is 0. The van der Waals surface area contributed by atoms with Gasteiger partial charge in [-0.05, 0) is 12.8 Å². The summed E-state index contributed by atoms with van der Waals surface area (Å²) in [6.45, 7) is 1.98.